The SMILES string of the molecule is O=C(O)COCCCCCCCCCOCCCNC(=O)Nc1ccc(Cl)c(C(F)(F)F)c1. The molecule has 0 atom stereocenters. The molecule has 2 amide bonds. The normalized spacial score (nSPS) is 11.4. The van der Waals surface area contributed by atoms with Gasteiger partial charge in [-0.25, -0.2) is 9.59 Å². The first-order valence-electron chi connectivity index (χ1n) is 11.0. The number of hydrogen-bond acceptors (Lipinski definition) is 4. The lowest BCUT2D eigenvalue weighted by Gasteiger charge is -2.12. The van der Waals surface area contributed by atoms with Gasteiger partial charge in [-0.1, -0.05) is 43.7 Å². The van der Waals surface area contributed by atoms with Crippen molar-refractivity contribution in [2.24, 2.45) is 0 Å². The highest BCUT2D eigenvalue weighted by atomic mass is 35.5. The number of anilines is 1. The molecule has 1 aromatic rings. The summed E-state index contributed by atoms with van der Waals surface area (Å²) in [6.07, 6.45) is 3.24. The van der Waals surface area contributed by atoms with E-state index in [9.17, 15) is 22.8 Å². The van der Waals surface area contributed by atoms with E-state index < -0.39 is 28.8 Å². The average molecular weight is 497 g/mol. The summed E-state index contributed by atoms with van der Waals surface area (Å²) in [4.78, 5) is 22.1. The van der Waals surface area contributed by atoms with Crippen LogP contribution in [0.5, 0.6) is 0 Å². The van der Waals surface area contributed by atoms with Gasteiger partial charge in [-0.05, 0) is 37.5 Å². The third kappa shape index (κ3) is 14.7. The molecule has 0 bridgehead atoms. The van der Waals surface area contributed by atoms with Gasteiger partial charge in [0.25, 0.3) is 0 Å². The minimum absolute atomic E-state index is 0.00648. The Labute approximate surface area is 197 Å². The number of carbonyl (C=O) groups is 2. The van der Waals surface area contributed by atoms with Crippen LogP contribution in [-0.4, -0.2) is 50.1 Å². The first kappa shape index (κ1) is 29.0. The lowest BCUT2D eigenvalue weighted by Crippen LogP contribution is -2.30. The van der Waals surface area contributed by atoms with Crippen molar-refractivity contribution in [2.75, 3.05) is 38.3 Å². The number of benzene rings is 1. The number of nitrogens with one attached hydrogen (secondary N) is 2. The number of aliphatic carboxylic acids is 1. The minimum Gasteiger partial charge on any atom is -0.480 e. The van der Waals surface area contributed by atoms with E-state index >= 15 is 0 Å². The van der Waals surface area contributed by atoms with E-state index in [0.29, 0.717) is 32.8 Å². The molecule has 0 saturated carbocycles. The van der Waals surface area contributed by atoms with E-state index in [-0.39, 0.29) is 12.3 Å². The minimum atomic E-state index is -4.59. The first-order valence-corrected chi connectivity index (χ1v) is 11.4. The van der Waals surface area contributed by atoms with Crippen molar-refractivity contribution < 1.29 is 37.3 Å². The van der Waals surface area contributed by atoms with Gasteiger partial charge in [0, 0.05) is 32.1 Å². The predicted molar refractivity (Wildman–Crippen MR) is 120 cm³/mol. The summed E-state index contributed by atoms with van der Waals surface area (Å²) in [6.45, 7) is 1.70. The van der Waals surface area contributed by atoms with Crippen LogP contribution in [0.15, 0.2) is 18.2 Å². The van der Waals surface area contributed by atoms with Gasteiger partial charge in [-0.15, -0.1) is 0 Å². The summed E-state index contributed by atoms with van der Waals surface area (Å²) >= 11 is 5.55. The number of rotatable bonds is 17. The number of amides is 2. The molecule has 0 aliphatic carbocycles. The highest BCUT2D eigenvalue weighted by Crippen LogP contribution is 2.36. The van der Waals surface area contributed by atoms with E-state index in [1.54, 1.807) is 0 Å². The molecule has 1 aromatic carbocycles. The second kappa shape index (κ2) is 16.6. The number of halogens is 4. The second-order valence-electron chi connectivity index (χ2n) is 7.46. The second-order valence-corrected chi connectivity index (χ2v) is 7.87. The zero-order chi connectivity index (χ0) is 24.5. The van der Waals surface area contributed by atoms with Crippen LogP contribution in [0, 0.1) is 0 Å². The predicted octanol–water partition coefficient (Wildman–Crippen LogP) is 5.72. The summed E-state index contributed by atoms with van der Waals surface area (Å²) in [5.41, 5.74) is -0.995. The van der Waals surface area contributed by atoms with Gasteiger partial charge in [-0.3, -0.25) is 0 Å². The number of carboxylic acids is 1. The molecule has 11 heteroatoms. The summed E-state index contributed by atoms with van der Waals surface area (Å²) in [5, 5.41) is 12.9. The molecule has 7 nitrogen and oxygen atoms in total. The van der Waals surface area contributed by atoms with Gasteiger partial charge in [-0.2, -0.15) is 13.2 Å². The van der Waals surface area contributed by atoms with Crippen molar-refractivity contribution in [1.29, 1.82) is 0 Å². The maximum Gasteiger partial charge on any atom is 0.417 e. The van der Waals surface area contributed by atoms with E-state index in [1.807, 2.05) is 0 Å². The molecule has 0 fully saturated rings. The molecule has 3 N–H and O–H groups in total. The Balaban J connectivity index is 1.96. The monoisotopic (exact) mass is 496 g/mol. The third-order valence-corrected chi connectivity index (χ3v) is 4.91. The van der Waals surface area contributed by atoms with Crippen molar-refractivity contribution in [3.05, 3.63) is 28.8 Å². The molecule has 0 heterocycles. The zero-order valence-corrected chi connectivity index (χ0v) is 19.3. The molecule has 0 aliphatic rings. The Morgan fingerprint density at radius 2 is 1.48 bits per heavy atom. The van der Waals surface area contributed by atoms with Crippen LogP contribution in [0.4, 0.5) is 23.7 Å². The molecule has 33 heavy (non-hydrogen) atoms. The van der Waals surface area contributed by atoms with E-state index in [4.69, 9.17) is 26.2 Å². The summed E-state index contributed by atoms with van der Waals surface area (Å²) in [6, 6.07) is 2.59. The molecule has 0 radical (unpaired) electrons. The Hall–Kier alpha value is -2.04. The largest absolute Gasteiger partial charge is 0.480 e. The molecule has 188 valence electrons. The highest BCUT2D eigenvalue weighted by Gasteiger charge is 2.33. The Morgan fingerprint density at radius 3 is 2.09 bits per heavy atom. The number of unbranched alkanes of at least 4 members (excludes halogenated alkanes) is 6. The maximum absolute atomic E-state index is 12.8. The quantitative estimate of drug-likeness (QED) is 0.240. The number of carboxylic acid groups (broad SMARTS) is 1. The van der Waals surface area contributed by atoms with Crippen molar-refractivity contribution in [1.82, 2.24) is 5.32 Å². The Bertz CT molecular complexity index is 720. The van der Waals surface area contributed by atoms with E-state index in [1.165, 1.54) is 6.07 Å². The number of urea groups is 1. The molecule has 0 unspecified atom stereocenters. The van der Waals surface area contributed by atoms with E-state index in [0.717, 1.165) is 57.1 Å². The number of alkyl halides is 3. The number of ether oxygens (including phenoxy) is 2. The van der Waals surface area contributed by atoms with Crippen molar-refractivity contribution >= 4 is 29.3 Å². The molecular weight excluding hydrogens is 465 g/mol. The molecule has 0 aliphatic heterocycles. The lowest BCUT2D eigenvalue weighted by atomic mass is 10.1. The fraction of sp³-hybridized carbons (Fsp3) is 0.636. The smallest absolute Gasteiger partial charge is 0.417 e. The van der Waals surface area contributed by atoms with Gasteiger partial charge in [0.15, 0.2) is 0 Å². The standard InChI is InChI=1S/C22H32ClF3N2O5/c23-19-10-9-17(15-18(19)22(24,25)26)28-21(31)27-11-8-14-32-12-6-4-2-1-3-5-7-13-33-16-20(29)30/h9-10,15H,1-8,11-14,16H2,(H,29,30)(H2,27,28,31). The van der Waals surface area contributed by atoms with Crippen LogP contribution in [0.25, 0.3) is 0 Å². The van der Waals surface area contributed by atoms with E-state index in [2.05, 4.69) is 10.6 Å². The Kier molecular flexibility index (Phi) is 14.5. The summed E-state index contributed by atoms with van der Waals surface area (Å²) < 4.78 is 49.0. The maximum atomic E-state index is 12.8. The first-order chi connectivity index (χ1) is 15.7. The fourth-order valence-corrected chi connectivity index (χ4v) is 3.15. The fourth-order valence-electron chi connectivity index (χ4n) is 2.93. The van der Waals surface area contributed by atoms with Crippen molar-refractivity contribution in [3.63, 3.8) is 0 Å². The zero-order valence-electron chi connectivity index (χ0n) is 18.5. The van der Waals surface area contributed by atoms with Gasteiger partial charge in [0.1, 0.15) is 6.61 Å². The third-order valence-electron chi connectivity index (χ3n) is 4.58. The van der Waals surface area contributed by atoms with Crippen molar-refractivity contribution in [3.8, 4) is 0 Å². The van der Waals surface area contributed by atoms with Crippen LogP contribution < -0.4 is 10.6 Å². The number of hydrogen-bond donors (Lipinski definition) is 3. The van der Waals surface area contributed by atoms with Gasteiger partial charge in [0.05, 0.1) is 10.6 Å². The number of carbonyl (C=O) groups excluding carboxylic acids is 1. The van der Waals surface area contributed by atoms with Gasteiger partial charge in [0.2, 0.25) is 0 Å². The average Bonchev–Trinajstić information content (AvgIpc) is 2.73. The Morgan fingerprint density at radius 1 is 0.909 bits per heavy atom. The van der Waals surface area contributed by atoms with Crippen LogP contribution in [0.2, 0.25) is 5.02 Å². The molecule has 1 rings (SSSR count). The topological polar surface area (TPSA) is 96.9 Å². The summed E-state index contributed by atoms with van der Waals surface area (Å²) in [5.74, 6) is -0.945. The van der Waals surface area contributed by atoms with Crippen LogP contribution in [0.1, 0.15) is 56.9 Å². The van der Waals surface area contributed by atoms with Crippen molar-refractivity contribution in [2.45, 2.75) is 57.5 Å². The lowest BCUT2D eigenvalue weighted by molar-refractivity contribution is -0.142. The summed E-state index contributed by atoms with van der Waals surface area (Å²) in [7, 11) is 0. The molecule has 0 aromatic heterocycles. The molecular formula is C22H32ClF3N2O5. The van der Waals surface area contributed by atoms with Gasteiger partial charge < -0.3 is 25.2 Å². The van der Waals surface area contributed by atoms with Crippen LogP contribution >= 0.6 is 11.6 Å². The van der Waals surface area contributed by atoms with Crippen LogP contribution in [0.3, 0.4) is 0 Å². The van der Waals surface area contributed by atoms with Crippen LogP contribution in [-0.2, 0) is 20.4 Å². The molecule has 0 spiro atoms. The van der Waals surface area contributed by atoms with Gasteiger partial charge >= 0.3 is 18.2 Å². The molecule has 0 saturated heterocycles. The highest BCUT2D eigenvalue weighted by molar-refractivity contribution is 6.31.